The number of phenolic OH excluding ortho intramolecular Hbond substituents is 1. The second-order valence-corrected chi connectivity index (χ2v) is 5.47. The molecule has 2 rings (SSSR count). The van der Waals surface area contributed by atoms with Gasteiger partial charge in [-0.2, -0.15) is 0 Å². The van der Waals surface area contributed by atoms with E-state index in [1.165, 1.54) is 0 Å². The smallest absolute Gasteiger partial charge is 0.160 e. The van der Waals surface area contributed by atoms with Crippen molar-refractivity contribution < 1.29 is 9.84 Å². The molecule has 0 saturated heterocycles. The summed E-state index contributed by atoms with van der Waals surface area (Å²) in [5, 5.41) is 13.9. The van der Waals surface area contributed by atoms with Crippen LogP contribution in [0, 0.1) is 0 Å². The first-order valence-electron chi connectivity index (χ1n) is 6.90. The number of hydrogen-bond donors (Lipinski definition) is 2. The van der Waals surface area contributed by atoms with E-state index in [4.69, 9.17) is 16.3 Å². The fraction of sp³-hybridized carbons (Fsp3) is 0.294. The van der Waals surface area contributed by atoms with Crippen LogP contribution >= 0.6 is 11.6 Å². The van der Waals surface area contributed by atoms with Crippen LogP contribution in [0.3, 0.4) is 0 Å². The molecule has 112 valence electrons. The Morgan fingerprint density at radius 1 is 1.10 bits per heavy atom. The highest BCUT2D eigenvalue weighted by Crippen LogP contribution is 2.30. The maximum Gasteiger partial charge on any atom is 0.160 e. The van der Waals surface area contributed by atoms with E-state index in [1.807, 2.05) is 36.4 Å². The third-order valence-corrected chi connectivity index (χ3v) is 3.92. The third-order valence-electron chi connectivity index (χ3n) is 3.58. The first-order valence-corrected chi connectivity index (χ1v) is 7.28. The molecule has 0 aliphatic heterocycles. The Labute approximate surface area is 130 Å². The van der Waals surface area contributed by atoms with Crippen molar-refractivity contribution in [1.82, 2.24) is 5.32 Å². The van der Waals surface area contributed by atoms with Gasteiger partial charge in [0, 0.05) is 17.1 Å². The summed E-state index contributed by atoms with van der Waals surface area (Å²) < 4.78 is 5.15. The molecule has 0 saturated carbocycles. The molecule has 4 heteroatoms. The number of ether oxygens (including phenoxy) is 1. The molecule has 2 atom stereocenters. The van der Waals surface area contributed by atoms with Crippen LogP contribution in [0.4, 0.5) is 0 Å². The van der Waals surface area contributed by atoms with Gasteiger partial charge in [0.15, 0.2) is 11.5 Å². The van der Waals surface area contributed by atoms with Gasteiger partial charge in [0.1, 0.15) is 0 Å². The molecule has 21 heavy (non-hydrogen) atoms. The number of hydrogen-bond acceptors (Lipinski definition) is 3. The molecule has 0 fully saturated rings. The number of methoxy groups -OCH3 is 1. The zero-order chi connectivity index (χ0) is 15.4. The minimum atomic E-state index is 0.103. The number of phenols is 1. The molecule has 0 aliphatic rings. The van der Waals surface area contributed by atoms with Gasteiger partial charge in [-0.3, -0.25) is 0 Å². The van der Waals surface area contributed by atoms with Crippen LogP contribution in [-0.2, 0) is 0 Å². The summed E-state index contributed by atoms with van der Waals surface area (Å²) in [4.78, 5) is 0. The van der Waals surface area contributed by atoms with E-state index < -0.39 is 0 Å². The summed E-state index contributed by atoms with van der Waals surface area (Å²) in [7, 11) is 1.54. The van der Waals surface area contributed by atoms with E-state index in [2.05, 4.69) is 19.2 Å². The van der Waals surface area contributed by atoms with Gasteiger partial charge < -0.3 is 15.2 Å². The quantitative estimate of drug-likeness (QED) is 0.856. The largest absolute Gasteiger partial charge is 0.504 e. The van der Waals surface area contributed by atoms with Crippen molar-refractivity contribution >= 4 is 11.6 Å². The monoisotopic (exact) mass is 305 g/mol. The summed E-state index contributed by atoms with van der Waals surface area (Å²) in [6, 6.07) is 13.4. The van der Waals surface area contributed by atoms with Gasteiger partial charge in [-0.15, -0.1) is 0 Å². The Morgan fingerprint density at radius 3 is 2.48 bits per heavy atom. The van der Waals surface area contributed by atoms with Gasteiger partial charge in [-0.25, -0.2) is 0 Å². The van der Waals surface area contributed by atoms with E-state index in [-0.39, 0.29) is 17.8 Å². The molecule has 3 nitrogen and oxygen atoms in total. The molecule has 0 amide bonds. The standard InChI is InChI=1S/C17H20ClNO2/c1-11(13-8-9-16(20)17(10-13)21-3)19-12(2)14-6-4-5-7-15(14)18/h4-12,19-20H,1-3H3/t11?,12-/m1/s1. The van der Waals surface area contributed by atoms with E-state index in [1.54, 1.807) is 13.2 Å². The minimum absolute atomic E-state index is 0.103. The average Bonchev–Trinajstić information content (AvgIpc) is 2.48. The Kier molecular flexibility index (Phi) is 5.10. The fourth-order valence-electron chi connectivity index (χ4n) is 2.35. The summed E-state index contributed by atoms with van der Waals surface area (Å²) >= 11 is 6.22. The van der Waals surface area contributed by atoms with Crippen molar-refractivity contribution in [3.8, 4) is 11.5 Å². The number of nitrogens with one attached hydrogen (secondary N) is 1. The third kappa shape index (κ3) is 3.69. The number of aromatic hydroxyl groups is 1. The van der Waals surface area contributed by atoms with E-state index in [0.717, 1.165) is 16.1 Å². The van der Waals surface area contributed by atoms with E-state index >= 15 is 0 Å². The highest BCUT2D eigenvalue weighted by molar-refractivity contribution is 6.31. The predicted molar refractivity (Wildman–Crippen MR) is 86.1 cm³/mol. The molecule has 2 N–H and O–H groups in total. The zero-order valence-corrected chi connectivity index (χ0v) is 13.2. The molecule has 0 heterocycles. The summed E-state index contributed by atoms with van der Waals surface area (Å²) in [5.41, 5.74) is 2.11. The number of benzene rings is 2. The maximum absolute atomic E-state index is 9.65. The number of rotatable bonds is 5. The Morgan fingerprint density at radius 2 is 1.81 bits per heavy atom. The lowest BCUT2D eigenvalue weighted by atomic mass is 10.0. The highest BCUT2D eigenvalue weighted by Gasteiger charge is 2.14. The van der Waals surface area contributed by atoms with Crippen molar-refractivity contribution in [2.24, 2.45) is 0 Å². The molecule has 2 aromatic rings. The van der Waals surface area contributed by atoms with Crippen molar-refractivity contribution in [1.29, 1.82) is 0 Å². The topological polar surface area (TPSA) is 41.5 Å². The van der Waals surface area contributed by atoms with Crippen LogP contribution < -0.4 is 10.1 Å². The Balaban J connectivity index is 2.14. The van der Waals surface area contributed by atoms with Crippen LogP contribution in [0.25, 0.3) is 0 Å². The molecule has 0 aromatic heterocycles. The highest BCUT2D eigenvalue weighted by atomic mass is 35.5. The molecule has 2 aromatic carbocycles. The first-order chi connectivity index (χ1) is 10.0. The molecule has 1 unspecified atom stereocenters. The molecule has 0 spiro atoms. The molecular formula is C17H20ClNO2. The van der Waals surface area contributed by atoms with Gasteiger partial charge in [-0.1, -0.05) is 35.9 Å². The fourth-order valence-corrected chi connectivity index (χ4v) is 2.65. The van der Waals surface area contributed by atoms with Crippen molar-refractivity contribution in [2.75, 3.05) is 7.11 Å². The predicted octanol–water partition coefficient (Wildman–Crippen LogP) is 4.47. The van der Waals surface area contributed by atoms with Gasteiger partial charge in [0.05, 0.1) is 7.11 Å². The molecule has 0 radical (unpaired) electrons. The maximum atomic E-state index is 9.65. The van der Waals surface area contributed by atoms with E-state index in [0.29, 0.717) is 5.75 Å². The lowest BCUT2D eigenvalue weighted by Gasteiger charge is -2.22. The molecule has 0 bridgehead atoms. The molecular weight excluding hydrogens is 286 g/mol. The summed E-state index contributed by atoms with van der Waals surface area (Å²) in [5.74, 6) is 0.624. The van der Waals surface area contributed by atoms with Crippen molar-refractivity contribution in [2.45, 2.75) is 25.9 Å². The summed E-state index contributed by atoms with van der Waals surface area (Å²) in [6.45, 7) is 4.15. The average molecular weight is 306 g/mol. The summed E-state index contributed by atoms with van der Waals surface area (Å²) in [6.07, 6.45) is 0. The van der Waals surface area contributed by atoms with E-state index in [9.17, 15) is 5.11 Å². The Hall–Kier alpha value is -1.71. The SMILES string of the molecule is COc1cc(C(C)N[C@H](C)c2ccccc2Cl)ccc1O. The minimum Gasteiger partial charge on any atom is -0.504 e. The molecule has 0 aliphatic carbocycles. The van der Waals surface area contributed by atoms with Gasteiger partial charge in [0.2, 0.25) is 0 Å². The lowest BCUT2D eigenvalue weighted by molar-refractivity contribution is 0.371. The van der Waals surface area contributed by atoms with Gasteiger partial charge in [-0.05, 0) is 43.2 Å². The van der Waals surface area contributed by atoms with Crippen molar-refractivity contribution in [3.63, 3.8) is 0 Å². The number of halogens is 1. The van der Waals surface area contributed by atoms with Crippen LogP contribution in [0.5, 0.6) is 11.5 Å². The second-order valence-electron chi connectivity index (χ2n) is 5.06. The first kappa shape index (κ1) is 15.7. The second kappa shape index (κ2) is 6.83. The van der Waals surface area contributed by atoms with Crippen LogP contribution in [0.15, 0.2) is 42.5 Å². The zero-order valence-electron chi connectivity index (χ0n) is 12.4. The van der Waals surface area contributed by atoms with Gasteiger partial charge in [0.25, 0.3) is 0 Å². The Bertz CT molecular complexity index is 615. The van der Waals surface area contributed by atoms with Crippen LogP contribution in [-0.4, -0.2) is 12.2 Å². The van der Waals surface area contributed by atoms with Crippen molar-refractivity contribution in [3.05, 3.63) is 58.6 Å². The van der Waals surface area contributed by atoms with Crippen LogP contribution in [0.1, 0.15) is 37.1 Å². The normalized spacial score (nSPS) is 13.7. The lowest BCUT2D eigenvalue weighted by Crippen LogP contribution is -2.22. The van der Waals surface area contributed by atoms with Crippen LogP contribution in [0.2, 0.25) is 5.02 Å². The van der Waals surface area contributed by atoms with Gasteiger partial charge >= 0.3 is 0 Å².